The van der Waals surface area contributed by atoms with E-state index < -0.39 is 0 Å². The van der Waals surface area contributed by atoms with Gasteiger partial charge in [-0.1, -0.05) is 27.2 Å². The maximum absolute atomic E-state index is 11.7. The molecule has 0 aromatic carbocycles. The van der Waals surface area contributed by atoms with Crippen molar-refractivity contribution in [2.45, 2.75) is 78.9 Å². The number of urea groups is 1. The van der Waals surface area contributed by atoms with Crippen molar-refractivity contribution in [2.75, 3.05) is 19.7 Å². The second-order valence-electron chi connectivity index (χ2n) is 7.80. The zero-order chi connectivity index (χ0) is 17.4. The first-order valence-electron chi connectivity index (χ1n) is 8.37. The average molecular weight is 316 g/mol. The van der Waals surface area contributed by atoms with Gasteiger partial charge in [0.05, 0.1) is 5.60 Å². The Labute approximate surface area is 136 Å². The van der Waals surface area contributed by atoms with Gasteiger partial charge in [-0.3, -0.25) is 0 Å². The lowest BCUT2D eigenvalue weighted by molar-refractivity contribution is -0.105. The fraction of sp³-hybridized carbons (Fsp3) is 0.941. The first kappa shape index (κ1) is 21.2. The molecular weight excluding hydrogens is 278 g/mol. The van der Waals surface area contributed by atoms with E-state index in [2.05, 4.69) is 45.3 Å². The van der Waals surface area contributed by atoms with Gasteiger partial charge < -0.3 is 21.1 Å². The van der Waals surface area contributed by atoms with E-state index in [0.29, 0.717) is 19.7 Å². The molecular formula is C17H37N3O2. The standard InChI is InChI=1S/C17H37N3O2/c1-8-9-15(2,3)17(6,7)22-13-10-16(4,5)20-14(21)19-12-11-18/h8-13,18H2,1-7H3,(H2,19,20,21). The van der Waals surface area contributed by atoms with Crippen molar-refractivity contribution >= 4 is 6.03 Å². The Morgan fingerprint density at radius 3 is 2.18 bits per heavy atom. The maximum Gasteiger partial charge on any atom is 0.315 e. The van der Waals surface area contributed by atoms with Crippen LogP contribution in [0.4, 0.5) is 4.79 Å². The van der Waals surface area contributed by atoms with Crippen molar-refractivity contribution in [3.63, 3.8) is 0 Å². The highest BCUT2D eigenvalue weighted by Crippen LogP contribution is 2.38. The van der Waals surface area contributed by atoms with E-state index in [1.165, 1.54) is 0 Å². The van der Waals surface area contributed by atoms with Crippen LogP contribution in [0.1, 0.15) is 67.7 Å². The van der Waals surface area contributed by atoms with Gasteiger partial charge in [-0.25, -0.2) is 4.79 Å². The Bertz CT molecular complexity index is 339. The summed E-state index contributed by atoms with van der Waals surface area (Å²) in [5.41, 5.74) is 4.98. The average Bonchev–Trinajstić information content (AvgIpc) is 2.34. The molecule has 0 fully saturated rings. The summed E-state index contributed by atoms with van der Waals surface area (Å²) in [4.78, 5) is 11.7. The molecule has 0 aliphatic heterocycles. The lowest BCUT2D eigenvalue weighted by Crippen LogP contribution is -2.50. The van der Waals surface area contributed by atoms with E-state index in [1.54, 1.807) is 0 Å². The molecule has 2 amide bonds. The van der Waals surface area contributed by atoms with E-state index >= 15 is 0 Å². The van der Waals surface area contributed by atoms with Crippen LogP contribution in [-0.2, 0) is 4.74 Å². The van der Waals surface area contributed by atoms with E-state index in [9.17, 15) is 4.79 Å². The molecule has 0 radical (unpaired) electrons. The summed E-state index contributed by atoms with van der Waals surface area (Å²) >= 11 is 0. The van der Waals surface area contributed by atoms with Gasteiger partial charge in [-0.15, -0.1) is 0 Å². The van der Waals surface area contributed by atoms with Gasteiger partial charge in [-0.05, 0) is 46.0 Å². The summed E-state index contributed by atoms with van der Waals surface area (Å²) in [5, 5.41) is 5.68. The quantitative estimate of drug-likeness (QED) is 0.580. The molecule has 0 atom stereocenters. The van der Waals surface area contributed by atoms with Crippen molar-refractivity contribution < 1.29 is 9.53 Å². The monoisotopic (exact) mass is 315 g/mol. The highest BCUT2D eigenvalue weighted by atomic mass is 16.5. The van der Waals surface area contributed by atoms with Crippen molar-refractivity contribution in [3.05, 3.63) is 0 Å². The maximum atomic E-state index is 11.7. The Balaban J connectivity index is 4.34. The number of rotatable bonds is 10. The van der Waals surface area contributed by atoms with E-state index in [-0.39, 0.29) is 22.6 Å². The summed E-state index contributed by atoms with van der Waals surface area (Å²) in [7, 11) is 0. The summed E-state index contributed by atoms with van der Waals surface area (Å²) in [5.74, 6) is 0. The SMILES string of the molecule is CCCC(C)(C)C(C)(C)OCCC(C)(C)NC(=O)NCCN. The molecule has 0 aliphatic rings. The molecule has 0 unspecified atom stereocenters. The minimum Gasteiger partial charge on any atom is -0.375 e. The normalized spacial score (nSPS) is 13.1. The third-order valence-electron chi connectivity index (χ3n) is 4.58. The Morgan fingerprint density at radius 1 is 1.09 bits per heavy atom. The molecule has 0 aromatic rings. The predicted octanol–water partition coefficient (Wildman–Crippen LogP) is 3.03. The van der Waals surface area contributed by atoms with Crippen LogP contribution in [0.15, 0.2) is 0 Å². The molecule has 0 saturated heterocycles. The molecule has 5 nitrogen and oxygen atoms in total. The summed E-state index contributed by atoms with van der Waals surface area (Å²) in [6.07, 6.45) is 3.03. The Morgan fingerprint density at radius 2 is 1.68 bits per heavy atom. The Kier molecular flexibility index (Phi) is 8.40. The highest BCUT2D eigenvalue weighted by molar-refractivity contribution is 5.74. The second kappa shape index (κ2) is 8.73. The molecule has 0 rings (SSSR count). The third kappa shape index (κ3) is 7.45. The zero-order valence-corrected chi connectivity index (χ0v) is 15.6. The first-order valence-corrected chi connectivity index (χ1v) is 8.37. The van der Waals surface area contributed by atoms with Gasteiger partial charge in [0, 0.05) is 25.2 Å². The number of nitrogens with one attached hydrogen (secondary N) is 2. The van der Waals surface area contributed by atoms with Crippen molar-refractivity contribution in [1.29, 1.82) is 0 Å². The van der Waals surface area contributed by atoms with Crippen LogP contribution in [0.5, 0.6) is 0 Å². The van der Waals surface area contributed by atoms with Crippen molar-refractivity contribution in [1.82, 2.24) is 10.6 Å². The first-order chi connectivity index (χ1) is 9.97. The van der Waals surface area contributed by atoms with E-state index in [0.717, 1.165) is 19.3 Å². The summed E-state index contributed by atoms with van der Waals surface area (Å²) < 4.78 is 6.15. The number of hydrogen-bond donors (Lipinski definition) is 3. The molecule has 4 N–H and O–H groups in total. The molecule has 0 spiro atoms. The third-order valence-corrected chi connectivity index (χ3v) is 4.58. The molecule has 0 aliphatic carbocycles. The van der Waals surface area contributed by atoms with Crippen LogP contribution in [0.25, 0.3) is 0 Å². The van der Waals surface area contributed by atoms with Gasteiger partial charge in [0.25, 0.3) is 0 Å². The summed E-state index contributed by atoms with van der Waals surface area (Å²) in [6, 6.07) is -0.180. The van der Waals surface area contributed by atoms with Crippen LogP contribution in [0, 0.1) is 5.41 Å². The van der Waals surface area contributed by atoms with E-state index in [4.69, 9.17) is 10.5 Å². The largest absolute Gasteiger partial charge is 0.375 e. The minimum absolute atomic E-state index is 0.123. The fourth-order valence-electron chi connectivity index (χ4n) is 2.28. The van der Waals surface area contributed by atoms with Crippen LogP contribution < -0.4 is 16.4 Å². The minimum atomic E-state index is -0.316. The fourth-order valence-corrected chi connectivity index (χ4v) is 2.28. The highest BCUT2D eigenvalue weighted by Gasteiger charge is 2.37. The van der Waals surface area contributed by atoms with Crippen molar-refractivity contribution in [3.8, 4) is 0 Å². The summed E-state index contributed by atoms with van der Waals surface area (Å²) in [6.45, 7) is 16.5. The van der Waals surface area contributed by atoms with Gasteiger partial charge >= 0.3 is 6.03 Å². The second-order valence-corrected chi connectivity index (χ2v) is 7.80. The number of carbonyl (C=O) groups excluding carboxylic acids is 1. The van der Waals surface area contributed by atoms with Gasteiger partial charge in [-0.2, -0.15) is 0 Å². The number of ether oxygens (including phenoxy) is 1. The van der Waals surface area contributed by atoms with Gasteiger partial charge in [0.2, 0.25) is 0 Å². The Hall–Kier alpha value is -0.810. The predicted molar refractivity (Wildman–Crippen MR) is 93.0 cm³/mol. The molecule has 0 aromatic heterocycles. The lowest BCUT2D eigenvalue weighted by atomic mass is 9.74. The topological polar surface area (TPSA) is 76.4 Å². The number of hydrogen-bond acceptors (Lipinski definition) is 3. The molecule has 0 bridgehead atoms. The van der Waals surface area contributed by atoms with Crippen LogP contribution in [0.2, 0.25) is 0 Å². The molecule has 5 heteroatoms. The van der Waals surface area contributed by atoms with Gasteiger partial charge in [0.1, 0.15) is 0 Å². The van der Waals surface area contributed by atoms with Crippen LogP contribution >= 0.6 is 0 Å². The molecule has 132 valence electrons. The van der Waals surface area contributed by atoms with Crippen LogP contribution in [-0.4, -0.2) is 36.9 Å². The zero-order valence-electron chi connectivity index (χ0n) is 15.6. The molecule has 22 heavy (non-hydrogen) atoms. The lowest BCUT2D eigenvalue weighted by Gasteiger charge is -2.42. The van der Waals surface area contributed by atoms with Crippen LogP contribution in [0.3, 0.4) is 0 Å². The van der Waals surface area contributed by atoms with Crippen molar-refractivity contribution in [2.24, 2.45) is 11.1 Å². The molecule has 0 heterocycles. The van der Waals surface area contributed by atoms with Gasteiger partial charge in [0.15, 0.2) is 0 Å². The number of nitrogens with two attached hydrogens (primary N) is 1. The molecule has 0 saturated carbocycles. The number of carbonyl (C=O) groups is 1. The smallest absolute Gasteiger partial charge is 0.315 e. The van der Waals surface area contributed by atoms with E-state index in [1.807, 2.05) is 13.8 Å². The number of amides is 2.